The maximum absolute atomic E-state index is 10.4. The quantitative estimate of drug-likeness (QED) is 0.258. The van der Waals surface area contributed by atoms with Gasteiger partial charge in [-0.05, 0) is 43.9 Å². The standard InChI is InChI=1S/C16H22N4O4/c21-11-17-7-2-1-4-16(10-20-14-24)15(6-9-19-13-23)5-3-8-18-12-22/h15-16H,1-10H2. The fourth-order valence-corrected chi connectivity index (χ4v) is 2.64. The first-order valence-electron chi connectivity index (χ1n) is 7.94. The van der Waals surface area contributed by atoms with Gasteiger partial charge in [0, 0.05) is 0 Å². The number of nitrogens with zero attached hydrogens (tertiary/aromatic N) is 4. The summed E-state index contributed by atoms with van der Waals surface area (Å²) in [6, 6.07) is 0. The average molecular weight is 334 g/mol. The molecule has 0 heterocycles. The summed E-state index contributed by atoms with van der Waals surface area (Å²) in [5.74, 6) is 0.323. The molecule has 8 heteroatoms. The van der Waals surface area contributed by atoms with Gasteiger partial charge >= 0.3 is 0 Å². The van der Waals surface area contributed by atoms with E-state index in [1.807, 2.05) is 0 Å². The van der Waals surface area contributed by atoms with Crippen LogP contribution in [0.15, 0.2) is 20.0 Å². The highest BCUT2D eigenvalue weighted by atomic mass is 16.1. The van der Waals surface area contributed by atoms with Crippen LogP contribution in [0.1, 0.15) is 38.5 Å². The lowest BCUT2D eigenvalue weighted by Gasteiger charge is -2.25. The highest BCUT2D eigenvalue weighted by Gasteiger charge is 2.20. The zero-order chi connectivity index (χ0) is 17.9. The lowest BCUT2D eigenvalue weighted by atomic mass is 9.82. The zero-order valence-electron chi connectivity index (χ0n) is 13.6. The third-order valence-corrected chi connectivity index (χ3v) is 3.80. The van der Waals surface area contributed by atoms with Crippen LogP contribution in [0.3, 0.4) is 0 Å². The minimum Gasteiger partial charge on any atom is -0.211 e. The maximum Gasteiger partial charge on any atom is 0.234 e. The van der Waals surface area contributed by atoms with Crippen LogP contribution in [-0.2, 0) is 19.2 Å². The Bertz CT molecular complexity index is 526. The van der Waals surface area contributed by atoms with Crippen molar-refractivity contribution in [2.24, 2.45) is 31.8 Å². The number of aliphatic imine (C=N–C) groups is 4. The van der Waals surface area contributed by atoms with Crippen molar-refractivity contribution in [1.82, 2.24) is 0 Å². The molecule has 0 aliphatic carbocycles. The molecule has 0 bridgehead atoms. The van der Waals surface area contributed by atoms with Crippen LogP contribution >= 0.6 is 0 Å². The summed E-state index contributed by atoms with van der Waals surface area (Å²) in [5.41, 5.74) is 0. The predicted molar refractivity (Wildman–Crippen MR) is 86.6 cm³/mol. The molecule has 0 aliphatic heterocycles. The van der Waals surface area contributed by atoms with Crippen molar-refractivity contribution >= 4 is 24.3 Å². The van der Waals surface area contributed by atoms with E-state index in [-0.39, 0.29) is 11.8 Å². The minimum absolute atomic E-state index is 0.133. The highest BCUT2D eigenvalue weighted by molar-refractivity contribution is 5.33. The molecule has 2 atom stereocenters. The molecule has 0 saturated carbocycles. The zero-order valence-corrected chi connectivity index (χ0v) is 13.6. The van der Waals surface area contributed by atoms with E-state index in [0.717, 1.165) is 25.7 Å². The molecule has 0 saturated heterocycles. The molecule has 0 aromatic heterocycles. The molecular formula is C16H22N4O4. The topological polar surface area (TPSA) is 118 Å². The van der Waals surface area contributed by atoms with Gasteiger partial charge in [0.05, 0.1) is 26.2 Å². The molecular weight excluding hydrogens is 312 g/mol. The molecule has 0 amide bonds. The fraction of sp³-hybridized carbons (Fsp3) is 0.750. The van der Waals surface area contributed by atoms with Crippen LogP contribution in [0.2, 0.25) is 0 Å². The second kappa shape index (κ2) is 16.9. The van der Waals surface area contributed by atoms with E-state index in [0.29, 0.717) is 39.0 Å². The Kier molecular flexibility index (Phi) is 15.1. The Morgan fingerprint density at radius 1 is 0.542 bits per heavy atom. The van der Waals surface area contributed by atoms with Crippen LogP contribution in [0.5, 0.6) is 0 Å². The lowest BCUT2D eigenvalue weighted by molar-refractivity contribution is 0.278. The Morgan fingerprint density at radius 2 is 1.08 bits per heavy atom. The minimum atomic E-state index is 0.133. The number of hydrogen-bond acceptors (Lipinski definition) is 8. The number of hydrogen-bond donors (Lipinski definition) is 0. The third kappa shape index (κ3) is 12.1. The van der Waals surface area contributed by atoms with Crippen molar-refractivity contribution in [3.8, 4) is 0 Å². The first kappa shape index (κ1) is 21.5. The van der Waals surface area contributed by atoms with Crippen molar-refractivity contribution in [3.05, 3.63) is 0 Å². The first-order valence-corrected chi connectivity index (χ1v) is 7.94. The van der Waals surface area contributed by atoms with Gasteiger partial charge in [0.2, 0.25) is 24.3 Å². The van der Waals surface area contributed by atoms with Gasteiger partial charge in [0.25, 0.3) is 0 Å². The maximum atomic E-state index is 10.4. The molecule has 2 unspecified atom stereocenters. The summed E-state index contributed by atoms with van der Waals surface area (Å²) in [4.78, 5) is 55.1. The van der Waals surface area contributed by atoms with Gasteiger partial charge in [-0.25, -0.2) is 39.1 Å². The van der Waals surface area contributed by atoms with E-state index in [4.69, 9.17) is 0 Å². The molecule has 8 nitrogen and oxygen atoms in total. The number of carbonyl (C=O) groups excluding carboxylic acids is 4. The van der Waals surface area contributed by atoms with Crippen molar-refractivity contribution in [2.75, 3.05) is 26.2 Å². The summed E-state index contributed by atoms with van der Waals surface area (Å²) < 4.78 is 0. The summed E-state index contributed by atoms with van der Waals surface area (Å²) in [5, 5.41) is 0. The number of unbranched alkanes of at least 4 members (excludes halogenated alkanes) is 1. The smallest absolute Gasteiger partial charge is 0.211 e. The van der Waals surface area contributed by atoms with Gasteiger partial charge < -0.3 is 0 Å². The molecule has 24 heavy (non-hydrogen) atoms. The summed E-state index contributed by atoms with van der Waals surface area (Å²) >= 11 is 0. The van der Waals surface area contributed by atoms with Crippen LogP contribution < -0.4 is 0 Å². The van der Waals surface area contributed by atoms with Gasteiger partial charge in [-0.15, -0.1) is 0 Å². The van der Waals surface area contributed by atoms with Crippen molar-refractivity contribution in [3.63, 3.8) is 0 Å². The molecule has 0 rings (SSSR count). The van der Waals surface area contributed by atoms with Gasteiger partial charge in [0.15, 0.2) is 0 Å². The first-order chi connectivity index (χ1) is 11.8. The van der Waals surface area contributed by atoms with Crippen LogP contribution in [0, 0.1) is 11.8 Å². The van der Waals surface area contributed by atoms with E-state index in [1.54, 1.807) is 6.08 Å². The van der Waals surface area contributed by atoms with E-state index in [1.165, 1.54) is 18.2 Å². The molecule has 130 valence electrons. The van der Waals surface area contributed by atoms with Gasteiger partial charge in [-0.2, -0.15) is 0 Å². The molecule has 0 radical (unpaired) electrons. The monoisotopic (exact) mass is 334 g/mol. The van der Waals surface area contributed by atoms with Crippen molar-refractivity contribution in [1.29, 1.82) is 0 Å². The summed E-state index contributed by atoms with van der Waals surface area (Å²) in [6.07, 6.45) is 10.7. The van der Waals surface area contributed by atoms with Crippen molar-refractivity contribution in [2.45, 2.75) is 38.5 Å². The van der Waals surface area contributed by atoms with E-state index < -0.39 is 0 Å². The molecule has 0 aromatic carbocycles. The number of rotatable bonds is 15. The van der Waals surface area contributed by atoms with Gasteiger partial charge in [-0.1, -0.05) is 6.42 Å². The Hall–Kier alpha value is -2.48. The molecule has 0 aromatic rings. The molecule has 0 aliphatic rings. The predicted octanol–water partition coefficient (Wildman–Crippen LogP) is 1.90. The Morgan fingerprint density at radius 3 is 1.71 bits per heavy atom. The van der Waals surface area contributed by atoms with Crippen LogP contribution in [0.4, 0.5) is 0 Å². The summed E-state index contributed by atoms with van der Waals surface area (Å²) in [6.45, 7) is 1.55. The fourth-order valence-electron chi connectivity index (χ4n) is 2.64. The molecule has 0 fully saturated rings. The highest BCUT2D eigenvalue weighted by Crippen LogP contribution is 2.27. The largest absolute Gasteiger partial charge is 0.234 e. The SMILES string of the molecule is O=C=NCCCCC(CN=C=O)C(CCCN=C=O)CCN=C=O. The Labute approximate surface area is 140 Å². The second-order valence-electron chi connectivity index (χ2n) is 5.30. The van der Waals surface area contributed by atoms with E-state index >= 15 is 0 Å². The van der Waals surface area contributed by atoms with Gasteiger partial charge in [0.1, 0.15) is 0 Å². The molecule has 0 spiro atoms. The van der Waals surface area contributed by atoms with Gasteiger partial charge in [-0.3, -0.25) is 0 Å². The van der Waals surface area contributed by atoms with Crippen molar-refractivity contribution < 1.29 is 19.2 Å². The summed E-state index contributed by atoms with van der Waals surface area (Å²) in [7, 11) is 0. The average Bonchev–Trinajstić information content (AvgIpc) is 2.60. The molecule has 0 N–H and O–H groups in total. The van der Waals surface area contributed by atoms with E-state index in [2.05, 4.69) is 20.0 Å². The third-order valence-electron chi connectivity index (χ3n) is 3.80. The number of isocyanates is 4. The Balaban J connectivity index is 4.71. The van der Waals surface area contributed by atoms with E-state index in [9.17, 15) is 19.2 Å². The normalized spacial score (nSPS) is 11.8. The van der Waals surface area contributed by atoms with Crippen LogP contribution in [-0.4, -0.2) is 50.5 Å². The van der Waals surface area contributed by atoms with Crippen LogP contribution in [0.25, 0.3) is 0 Å². The second-order valence-corrected chi connectivity index (χ2v) is 5.30. The lowest BCUT2D eigenvalue weighted by Crippen LogP contribution is -2.20.